The maximum atomic E-state index is 12.9. The van der Waals surface area contributed by atoms with Gasteiger partial charge in [0, 0.05) is 51.9 Å². The van der Waals surface area contributed by atoms with E-state index < -0.39 is 12.7 Å². The second kappa shape index (κ2) is 14.7. The summed E-state index contributed by atoms with van der Waals surface area (Å²) in [6.07, 6.45) is -5.95. The van der Waals surface area contributed by atoms with Crippen LogP contribution < -0.4 is 14.8 Å². The van der Waals surface area contributed by atoms with Crippen molar-refractivity contribution in [2.75, 3.05) is 18.5 Å². The van der Waals surface area contributed by atoms with Crippen LogP contribution in [0.3, 0.4) is 0 Å². The van der Waals surface area contributed by atoms with Gasteiger partial charge < -0.3 is 29.0 Å². The van der Waals surface area contributed by atoms with Gasteiger partial charge in [-0.1, -0.05) is 72.3 Å². The van der Waals surface area contributed by atoms with Crippen LogP contribution in [0.4, 0.5) is 32.2 Å². The van der Waals surface area contributed by atoms with E-state index >= 15 is 0 Å². The molecule has 0 fully saturated rings. The Bertz CT molecular complexity index is 2690. The predicted molar refractivity (Wildman–Crippen MR) is 201 cm³/mol. The van der Waals surface area contributed by atoms with Gasteiger partial charge in [-0.05, 0) is 61.4 Å². The molecular weight excluding hydrogens is 748 g/mol. The highest BCUT2D eigenvalue weighted by molar-refractivity contribution is 6.35. The molecule has 0 spiro atoms. The fourth-order valence-corrected chi connectivity index (χ4v) is 6.79. The summed E-state index contributed by atoms with van der Waals surface area (Å²) in [5, 5.41) is 14.7. The first-order valence-corrected chi connectivity index (χ1v) is 17.1. The first-order valence-electron chi connectivity index (χ1n) is 16.8. The van der Waals surface area contributed by atoms with Crippen LogP contribution >= 0.6 is 11.6 Å². The van der Waals surface area contributed by atoms with Crippen LogP contribution in [0.2, 0.25) is 5.15 Å². The van der Waals surface area contributed by atoms with Gasteiger partial charge in [-0.15, -0.1) is 26.3 Å². The number of aliphatic hydroxyl groups is 1. The number of aryl methyl sites for hydroxylation is 2. The molecule has 0 saturated heterocycles. The molecule has 4 aromatic heterocycles. The highest BCUT2D eigenvalue weighted by Crippen LogP contribution is 2.39. The number of alkyl halides is 6. The Labute approximate surface area is 314 Å². The molecular formula is C40H30ClF6N5O3. The zero-order valence-electron chi connectivity index (χ0n) is 29.0. The molecule has 0 amide bonds. The Hall–Kier alpha value is -5.99. The van der Waals surface area contributed by atoms with Gasteiger partial charge >= 0.3 is 12.7 Å². The van der Waals surface area contributed by atoms with E-state index in [1.807, 2.05) is 90.0 Å². The van der Waals surface area contributed by atoms with Crippen molar-refractivity contribution >= 4 is 61.0 Å². The molecule has 282 valence electrons. The molecule has 0 aliphatic carbocycles. The Kier molecular flexibility index (Phi) is 9.96. The molecule has 0 radical (unpaired) electrons. The minimum atomic E-state index is -4.83. The number of hydrogen-bond acceptors (Lipinski definition) is 6. The van der Waals surface area contributed by atoms with Crippen molar-refractivity contribution in [1.29, 1.82) is 0 Å². The number of aromatic nitrogens is 4. The lowest BCUT2D eigenvalue weighted by Crippen LogP contribution is -2.17. The van der Waals surface area contributed by atoms with Crippen LogP contribution in [0.25, 0.3) is 55.0 Å². The Morgan fingerprint density at radius 1 is 0.618 bits per heavy atom. The van der Waals surface area contributed by atoms with E-state index in [1.165, 1.54) is 24.3 Å². The summed E-state index contributed by atoms with van der Waals surface area (Å²) in [7, 11) is 0. The van der Waals surface area contributed by atoms with Crippen molar-refractivity contribution in [2.45, 2.75) is 26.6 Å². The van der Waals surface area contributed by atoms with E-state index in [4.69, 9.17) is 11.6 Å². The van der Waals surface area contributed by atoms with Gasteiger partial charge in [0.25, 0.3) is 0 Å². The van der Waals surface area contributed by atoms with Crippen molar-refractivity contribution in [3.8, 4) is 22.9 Å². The maximum absolute atomic E-state index is 12.9. The van der Waals surface area contributed by atoms with Gasteiger partial charge in [-0.3, -0.25) is 0 Å². The Morgan fingerprint density at radius 3 is 1.58 bits per heavy atom. The van der Waals surface area contributed by atoms with Gasteiger partial charge in [0.05, 0.1) is 17.6 Å². The molecule has 2 N–H and O–H groups in total. The fourth-order valence-electron chi connectivity index (χ4n) is 6.55. The lowest BCUT2D eigenvalue weighted by Gasteiger charge is -2.15. The molecule has 15 heteroatoms. The zero-order chi connectivity index (χ0) is 39.1. The number of anilines is 1. The Balaban J connectivity index is 0.000000170. The summed E-state index contributed by atoms with van der Waals surface area (Å²) in [4.78, 5) is 8.54. The molecule has 4 heterocycles. The van der Waals surface area contributed by atoms with E-state index in [2.05, 4.69) is 24.8 Å². The molecule has 0 aliphatic heterocycles. The lowest BCUT2D eigenvalue weighted by atomic mass is 10.1. The van der Waals surface area contributed by atoms with Crippen molar-refractivity contribution < 1.29 is 40.9 Å². The van der Waals surface area contributed by atoms with Gasteiger partial charge in [0.15, 0.2) is 11.5 Å². The number of hydrogen-bond donors (Lipinski definition) is 2. The van der Waals surface area contributed by atoms with Crippen molar-refractivity contribution in [3.63, 3.8) is 0 Å². The van der Waals surface area contributed by atoms with Crippen molar-refractivity contribution in [2.24, 2.45) is 0 Å². The molecule has 0 bridgehead atoms. The topological polar surface area (TPSA) is 86.4 Å². The smallest absolute Gasteiger partial charge is 0.403 e. The first kappa shape index (κ1) is 37.3. The number of rotatable bonds is 7. The van der Waals surface area contributed by atoms with E-state index in [-0.39, 0.29) is 40.8 Å². The largest absolute Gasteiger partial charge is 0.573 e. The summed E-state index contributed by atoms with van der Waals surface area (Å²) >= 11 is 6.26. The van der Waals surface area contributed by atoms with Crippen LogP contribution in [0.1, 0.15) is 11.1 Å². The third-order valence-corrected chi connectivity index (χ3v) is 9.09. The summed E-state index contributed by atoms with van der Waals surface area (Å²) in [6.45, 7) is 4.00. The van der Waals surface area contributed by atoms with Crippen LogP contribution in [0.5, 0.6) is 11.5 Å². The van der Waals surface area contributed by atoms with E-state index in [0.717, 1.165) is 27.9 Å². The summed E-state index contributed by atoms with van der Waals surface area (Å²) in [5.74, 6) is -0.370. The summed E-state index contributed by atoms with van der Waals surface area (Å²) in [6, 6.07) is 28.0. The van der Waals surface area contributed by atoms with Gasteiger partial charge in [-0.2, -0.15) is 0 Å². The molecule has 8 aromatic rings. The normalized spacial score (nSPS) is 12.0. The molecule has 0 saturated carbocycles. The predicted octanol–water partition coefficient (Wildman–Crippen LogP) is 10.8. The lowest BCUT2D eigenvalue weighted by molar-refractivity contribution is -0.275. The molecule has 55 heavy (non-hydrogen) atoms. The monoisotopic (exact) mass is 777 g/mol. The minimum absolute atomic E-state index is 0.0656. The van der Waals surface area contributed by atoms with Crippen LogP contribution in [-0.2, 0) is 0 Å². The highest BCUT2D eigenvalue weighted by atomic mass is 35.5. The second-order valence-electron chi connectivity index (χ2n) is 12.4. The number of para-hydroxylation sites is 4. The number of ether oxygens (including phenoxy) is 2. The Morgan fingerprint density at radius 2 is 1.09 bits per heavy atom. The third-order valence-electron chi connectivity index (χ3n) is 8.80. The fraction of sp³-hybridized carbons (Fsp3) is 0.150. The molecule has 0 aliphatic rings. The van der Waals surface area contributed by atoms with Gasteiger partial charge in [0.1, 0.15) is 22.0 Å². The SMILES string of the molecule is Cc1ccccc1-n1ccc2c(Cl)nc3c(OC(F)(F)F)cccc3c21.Cc1ccccc1-n1ccc2c(NCCO)nc3c(OC(F)(F)F)cccc3c21. The second-order valence-corrected chi connectivity index (χ2v) is 12.7. The number of nitrogens with zero attached hydrogens (tertiary/aromatic N) is 4. The molecule has 8 rings (SSSR count). The number of benzene rings is 4. The number of aliphatic hydroxyl groups excluding tert-OH is 1. The van der Waals surface area contributed by atoms with Crippen LogP contribution in [0, 0.1) is 13.8 Å². The summed E-state index contributed by atoms with van der Waals surface area (Å²) < 4.78 is 89.1. The average molecular weight is 778 g/mol. The van der Waals surface area contributed by atoms with Crippen molar-refractivity contribution in [1.82, 2.24) is 19.1 Å². The number of nitrogens with one attached hydrogen (secondary N) is 1. The first-order chi connectivity index (χ1) is 26.2. The van der Waals surface area contributed by atoms with Crippen molar-refractivity contribution in [3.05, 3.63) is 126 Å². The minimum Gasteiger partial charge on any atom is -0.403 e. The number of fused-ring (bicyclic) bond motifs is 6. The molecule has 0 unspecified atom stereocenters. The van der Waals surface area contributed by atoms with E-state index in [0.29, 0.717) is 33.0 Å². The maximum Gasteiger partial charge on any atom is 0.573 e. The third kappa shape index (κ3) is 7.55. The molecule has 4 aromatic carbocycles. The van der Waals surface area contributed by atoms with Gasteiger partial charge in [0.2, 0.25) is 0 Å². The van der Waals surface area contributed by atoms with E-state index in [1.54, 1.807) is 18.2 Å². The van der Waals surface area contributed by atoms with E-state index in [9.17, 15) is 31.4 Å². The highest BCUT2D eigenvalue weighted by Gasteiger charge is 2.33. The van der Waals surface area contributed by atoms with Gasteiger partial charge in [-0.25, -0.2) is 9.97 Å². The number of pyridine rings is 2. The summed E-state index contributed by atoms with van der Waals surface area (Å²) in [5.41, 5.74) is 5.40. The van der Waals surface area contributed by atoms with Crippen LogP contribution in [-0.4, -0.2) is 50.1 Å². The standard InChI is InChI=1S/C21H18F3N3O2.C19H12ClF3N2O/c1-13-5-2-3-7-16(13)27-11-9-15-19(27)14-6-4-8-17(29-21(22,23)24)18(14)26-20(15)25-10-12-28;1-11-5-2-3-7-14(11)25-10-9-13-17(25)12-6-4-8-15(26-19(21,22)23)16(12)24-18(13)20/h2-9,11,28H,10,12H2,1H3,(H,25,26);2-10H,1H3. The molecule has 0 atom stereocenters. The quantitative estimate of drug-likeness (QED) is 0.124. The average Bonchev–Trinajstić information content (AvgIpc) is 3.78. The molecule has 8 nitrogen and oxygen atoms in total. The van der Waals surface area contributed by atoms with Crippen LogP contribution in [0.15, 0.2) is 109 Å². The number of halogens is 7. The zero-order valence-corrected chi connectivity index (χ0v) is 29.8.